The van der Waals surface area contributed by atoms with Crippen molar-refractivity contribution in [1.29, 1.82) is 5.26 Å². The molecule has 88 valence electrons. The first-order valence-electron chi connectivity index (χ1n) is 5.26. The molecular weight excluding hydrogens is 248 g/mol. The fraction of sp³-hybridized carbons (Fsp3) is 0. The first kappa shape index (κ1) is 12.2. The minimum Gasteiger partial charge on any atom is -0.358 e. The van der Waals surface area contributed by atoms with E-state index in [0.29, 0.717) is 10.7 Å². The summed E-state index contributed by atoms with van der Waals surface area (Å²) >= 11 is 5.77. The maximum absolute atomic E-state index is 12.0. The van der Waals surface area contributed by atoms with Crippen molar-refractivity contribution in [2.24, 2.45) is 0 Å². The summed E-state index contributed by atoms with van der Waals surface area (Å²) in [5.41, 5.74) is 1.24. The Morgan fingerprint density at radius 3 is 2.56 bits per heavy atom. The zero-order valence-corrected chi connectivity index (χ0v) is 10.1. The average Bonchev–Trinajstić information content (AvgIpc) is 2.91. The van der Waals surface area contributed by atoms with Crippen LogP contribution in [0.5, 0.6) is 0 Å². The number of carbonyl (C=O) groups is 1. The fourth-order valence-corrected chi connectivity index (χ4v) is 1.62. The van der Waals surface area contributed by atoms with Crippen LogP contribution < -0.4 is 0 Å². The van der Waals surface area contributed by atoms with E-state index in [1.807, 2.05) is 6.07 Å². The molecule has 18 heavy (non-hydrogen) atoms. The molecule has 0 spiro atoms. The summed E-state index contributed by atoms with van der Waals surface area (Å²) in [6.07, 6.45) is 3.18. The predicted molar refractivity (Wildman–Crippen MR) is 70.2 cm³/mol. The highest BCUT2D eigenvalue weighted by Crippen LogP contribution is 2.14. The standard InChI is InChI=1S/C14H9ClN2O/c15-12-5-3-10(4-6-12)8-11(9-16)14(18)13-2-1-7-17-13/h1-8,17H/b11-8-. The fourth-order valence-electron chi connectivity index (χ4n) is 1.49. The van der Waals surface area contributed by atoms with Crippen molar-refractivity contribution >= 4 is 23.5 Å². The summed E-state index contributed by atoms with van der Waals surface area (Å²) in [5.74, 6) is -0.322. The lowest BCUT2D eigenvalue weighted by Crippen LogP contribution is -2.01. The minimum atomic E-state index is -0.322. The van der Waals surface area contributed by atoms with Crippen molar-refractivity contribution in [3.63, 3.8) is 0 Å². The summed E-state index contributed by atoms with van der Waals surface area (Å²) < 4.78 is 0. The van der Waals surface area contributed by atoms with Crippen LogP contribution in [0.25, 0.3) is 6.08 Å². The molecule has 0 radical (unpaired) electrons. The minimum absolute atomic E-state index is 0.0831. The highest BCUT2D eigenvalue weighted by Gasteiger charge is 2.12. The molecule has 1 aromatic heterocycles. The molecule has 2 rings (SSSR count). The molecule has 0 aliphatic heterocycles. The Kier molecular flexibility index (Phi) is 3.61. The molecule has 0 aliphatic rings. The molecule has 1 aromatic carbocycles. The molecule has 0 fully saturated rings. The number of Topliss-reactive ketones (excluding diaryl/α,β-unsaturated/α-hetero) is 1. The van der Waals surface area contributed by atoms with Gasteiger partial charge in [-0.15, -0.1) is 0 Å². The van der Waals surface area contributed by atoms with Gasteiger partial charge in [0.05, 0.1) is 5.69 Å². The molecule has 0 saturated heterocycles. The number of nitrogens with one attached hydrogen (secondary N) is 1. The third-order valence-corrected chi connectivity index (χ3v) is 2.64. The predicted octanol–water partition coefficient (Wildman–Crippen LogP) is 3.46. The molecule has 0 aliphatic carbocycles. The number of benzene rings is 1. The molecular formula is C14H9ClN2O. The van der Waals surface area contributed by atoms with Gasteiger partial charge < -0.3 is 4.98 Å². The van der Waals surface area contributed by atoms with Crippen LogP contribution in [-0.4, -0.2) is 10.8 Å². The molecule has 0 amide bonds. The van der Waals surface area contributed by atoms with Crippen LogP contribution >= 0.6 is 11.6 Å². The van der Waals surface area contributed by atoms with E-state index in [9.17, 15) is 4.79 Å². The topological polar surface area (TPSA) is 56.6 Å². The second-order valence-electron chi connectivity index (χ2n) is 3.63. The number of hydrogen-bond acceptors (Lipinski definition) is 2. The highest BCUT2D eigenvalue weighted by atomic mass is 35.5. The average molecular weight is 257 g/mol. The van der Waals surface area contributed by atoms with Crippen LogP contribution in [0.2, 0.25) is 5.02 Å². The van der Waals surface area contributed by atoms with Crippen LogP contribution in [0.4, 0.5) is 0 Å². The van der Waals surface area contributed by atoms with Crippen molar-refractivity contribution in [3.8, 4) is 6.07 Å². The van der Waals surface area contributed by atoms with Gasteiger partial charge in [0.1, 0.15) is 11.6 Å². The lowest BCUT2D eigenvalue weighted by Gasteiger charge is -1.97. The van der Waals surface area contributed by atoms with Gasteiger partial charge in [0.2, 0.25) is 5.78 Å². The summed E-state index contributed by atoms with van der Waals surface area (Å²) in [5, 5.41) is 9.64. The third kappa shape index (κ3) is 2.68. The number of allylic oxidation sites excluding steroid dienone is 1. The van der Waals surface area contributed by atoms with E-state index < -0.39 is 0 Å². The van der Waals surface area contributed by atoms with E-state index in [1.165, 1.54) is 0 Å². The monoisotopic (exact) mass is 256 g/mol. The van der Waals surface area contributed by atoms with Gasteiger partial charge in [-0.05, 0) is 35.9 Å². The van der Waals surface area contributed by atoms with E-state index >= 15 is 0 Å². The normalized spacial score (nSPS) is 11.0. The summed E-state index contributed by atoms with van der Waals surface area (Å²) in [6, 6.07) is 12.2. The maximum atomic E-state index is 12.0. The zero-order valence-electron chi connectivity index (χ0n) is 9.35. The van der Waals surface area contributed by atoms with Crippen molar-refractivity contribution in [2.75, 3.05) is 0 Å². The van der Waals surface area contributed by atoms with Gasteiger partial charge in [-0.25, -0.2) is 0 Å². The number of nitriles is 1. The van der Waals surface area contributed by atoms with E-state index in [0.717, 1.165) is 5.56 Å². The van der Waals surface area contributed by atoms with Gasteiger partial charge in [-0.2, -0.15) is 5.26 Å². The molecule has 1 N–H and O–H groups in total. The summed E-state index contributed by atoms with van der Waals surface area (Å²) in [7, 11) is 0. The second kappa shape index (κ2) is 5.35. The smallest absolute Gasteiger partial charge is 0.219 e. The summed E-state index contributed by atoms with van der Waals surface area (Å²) in [6.45, 7) is 0. The third-order valence-electron chi connectivity index (χ3n) is 2.39. The lowest BCUT2D eigenvalue weighted by molar-refractivity contribution is 0.103. The number of aromatic nitrogens is 1. The first-order chi connectivity index (χ1) is 8.70. The molecule has 1 heterocycles. The molecule has 0 saturated carbocycles. The molecule has 3 nitrogen and oxygen atoms in total. The van der Waals surface area contributed by atoms with Crippen LogP contribution in [-0.2, 0) is 0 Å². The van der Waals surface area contributed by atoms with Crippen molar-refractivity contribution in [3.05, 3.63) is 64.4 Å². The number of halogens is 1. The molecule has 2 aromatic rings. The van der Waals surface area contributed by atoms with E-state index in [2.05, 4.69) is 4.98 Å². The van der Waals surface area contributed by atoms with Gasteiger partial charge in [-0.1, -0.05) is 23.7 Å². The number of rotatable bonds is 3. The van der Waals surface area contributed by atoms with Crippen LogP contribution in [0.15, 0.2) is 48.2 Å². The van der Waals surface area contributed by atoms with Gasteiger partial charge in [0, 0.05) is 11.2 Å². The Morgan fingerprint density at radius 1 is 1.28 bits per heavy atom. The van der Waals surface area contributed by atoms with Gasteiger partial charge in [-0.3, -0.25) is 4.79 Å². The molecule has 0 atom stereocenters. The number of nitrogens with zero attached hydrogens (tertiary/aromatic N) is 1. The Balaban J connectivity index is 2.32. The van der Waals surface area contributed by atoms with Crippen LogP contribution in [0.1, 0.15) is 16.1 Å². The molecule has 0 unspecified atom stereocenters. The number of hydrogen-bond donors (Lipinski definition) is 1. The van der Waals surface area contributed by atoms with Gasteiger partial charge in [0.25, 0.3) is 0 Å². The number of carbonyl (C=O) groups excluding carboxylic acids is 1. The van der Waals surface area contributed by atoms with E-state index in [1.54, 1.807) is 48.7 Å². The van der Waals surface area contributed by atoms with Gasteiger partial charge >= 0.3 is 0 Å². The first-order valence-corrected chi connectivity index (χ1v) is 5.64. The van der Waals surface area contributed by atoms with Crippen LogP contribution in [0.3, 0.4) is 0 Å². The van der Waals surface area contributed by atoms with Crippen molar-refractivity contribution in [1.82, 2.24) is 4.98 Å². The Morgan fingerprint density at radius 2 is 2.00 bits per heavy atom. The lowest BCUT2D eigenvalue weighted by atomic mass is 10.1. The van der Waals surface area contributed by atoms with Crippen LogP contribution in [0, 0.1) is 11.3 Å². The Labute approximate surface area is 109 Å². The second-order valence-corrected chi connectivity index (χ2v) is 4.07. The Bertz CT molecular complexity index is 619. The van der Waals surface area contributed by atoms with E-state index in [-0.39, 0.29) is 11.4 Å². The highest BCUT2D eigenvalue weighted by molar-refractivity contribution is 6.30. The van der Waals surface area contributed by atoms with Crippen molar-refractivity contribution in [2.45, 2.75) is 0 Å². The molecule has 4 heteroatoms. The quantitative estimate of drug-likeness (QED) is 0.519. The van der Waals surface area contributed by atoms with E-state index in [4.69, 9.17) is 16.9 Å². The summed E-state index contributed by atoms with van der Waals surface area (Å²) in [4.78, 5) is 14.7. The zero-order chi connectivity index (χ0) is 13.0. The number of ketones is 1. The number of aromatic amines is 1. The maximum Gasteiger partial charge on any atom is 0.219 e. The molecule has 0 bridgehead atoms. The SMILES string of the molecule is N#C/C(=C/c1ccc(Cl)cc1)C(=O)c1ccc[nH]1. The van der Waals surface area contributed by atoms with Crippen molar-refractivity contribution < 1.29 is 4.79 Å². The number of H-pyrrole nitrogens is 1. The Hall–Kier alpha value is -2.31. The van der Waals surface area contributed by atoms with Gasteiger partial charge in [0.15, 0.2) is 0 Å². The largest absolute Gasteiger partial charge is 0.358 e.